The molecule has 1 saturated heterocycles. The third kappa shape index (κ3) is 5.21. The molecule has 0 saturated carbocycles. The van der Waals surface area contributed by atoms with Crippen LogP contribution >= 0.6 is 11.6 Å². The highest BCUT2D eigenvalue weighted by Gasteiger charge is 2.56. The van der Waals surface area contributed by atoms with E-state index in [9.17, 15) is 20.3 Å². The van der Waals surface area contributed by atoms with Crippen LogP contribution in [0.4, 0.5) is 4.39 Å². The SMILES string of the molecule is CCC(O)(c1cc(F)c2c(c1)C(=O)N(Cc1ccc(C#N)cc1CO)[C@@]2(O[C@@H]1CCOC1)c1ccc(Cl)cc1)c1cn(C)cn1. The van der Waals surface area contributed by atoms with Crippen molar-refractivity contribution in [3.8, 4) is 6.07 Å². The molecule has 4 aromatic rings. The number of nitriles is 1. The summed E-state index contributed by atoms with van der Waals surface area (Å²) in [5.41, 5.74) is -1.08. The lowest BCUT2D eigenvalue weighted by atomic mass is 9.84. The van der Waals surface area contributed by atoms with Gasteiger partial charge in [-0.2, -0.15) is 5.26 Å². The van der Waals surface area contributed by atoms with E-state index in [1.165, 1.54) is 17.0 Å². The van der Waals surface area contributed by atoms with Crippen LogP contribution in [0, 0.1) is 17.1 Å². The number of hydrogen-bond donors (Lipinski definition) is 2. The minimum atomic E-state index is -1.76. The number of halogens is 2. The summed E-state index contributed by atoms with van der Waals surface area (Å²) < 4.78 is 31.0. The summed E-state index contributed by atoms with van der Waals surface area (Å²) >= 11 is 6.27. The van der Waals surface area contributed by atoms with Gasteiger partial charge in [0.2, 0.25) is 5.72 Å². The molecule has 2 aliphatic heterocycles. The van der Waals surface area contributed by atoms with Crippen LogP contribution in [0.1, 0.15) is 69.2 Å². The largest absolute Gasteiger partial charge is 0.392 e. The second-order valence-electron chi connectivity index (χ2n) is 11.4. The maximum absolute atomic E-state index is 16.9. The van der Waals surface area contributed by atoms with E-state index in [2.05, 4.69) is 11.1 Å². The normalized spacial score (nSPS) is 20.7. The van der Waals surface area contributed by atoms with Gasteiger partial charge < -0.3 is 24.3 Å². The molecule has 3 atom stereocenters. The van der Waals surface area contributed by atoms with Crippen LogP contribution in [0.25, 0.3) is 0 Å². The van der Waals surface area contributed by atoms with Gasteiger partial charge in [0.1, 0.15) is 11.4 Å². The molecule has 2 aliphatic rings. The lowest BCUT2D eigenvalue weighted by Gasteiger charge is -2.41. The maximum atomic E-state index is 16.9. The number of fused-ring (bicyclic) bond motifs is 1. The average molecular weight is 631 g/mol. The van der Waals surface area contributed by atoms with Gasteiger partial charge in [-0.1, -0.05) is 36.7 Å². The molecule has 11 heteroatoms. The van der Waals surface area contributed by atoms with E-state index < -0.39 is 29.2 Å². The topological polar surface area (TPSA) is 121 Å². The number of rotatable bonds is 9. The summed E-state index contributed by atoms with van der Waals surface area (Å²) in [4.78, 5) is 20.4. The maximum Gasteiger partial charge on any atom is 0.257 e. The fourth-order valence-corrected chi connectivity index (χ4v) is 6.43. The van der Waals surface area contributed by atoms with Crippen molar-refractivity contribution in [2.24, 2.45) is 7.05 Å². The summed E-state index contributed by atoms with van der Waals surface area (Å²) in [5, 5.41) is 31.9. The molecular formula is C34H32ClFN4O5. The van der Waals surface area contributed by atoms with Gasteiger partial charge in [-0.3, -0.25) is 9.69 Å². The molecule has 1 unspecified atom stereocenters. The van der Waals surface area contributed by atoms with Crippen LogP contribution < -0.4 is 0 Å². The van der Waals surface area contributed by atoms with Crippen molar-refractivity contribution in [1.29, 1.82) is 5.26 Å². The Morgan fingerprint density at radius 1 is 1.22 bits per heavy atom. The zero-order chi connectivity index (χ0) is 31.9. The van der Waals surface area contributed by atoms with Gasteiger partial charge >= 0.3 is 0 Å². The molecule has 9 nitrogen and oxygen atoms in total. The van der Waals surface area contributed by atoms with Crippen molar-refractivity contribution in [2.45, 2.75) is 50.3 Å². The lowest BCUT2D eigenvalue weighted by molar-refractivity contribution is -0.148. The molecule has 3 aromatic carbocycles. The first-order chi connectivity index (χ1) is 21.6. The van der Waals surface area contributed by atoms with Crippen LogP contribution in [-0.2, 0) is 41.0 Å². The van der Waals surface area contributed by atoms with Crippen LogP contribution in [0.5, 0.6) is 0 Å². The number of hydrogen-bond acceptors (Lipinski definition) is 7. The highest BCUT2D eigenvalue weighted by molar-refractivity contribution is 6.30. The zero-order valence-electron chi connectivity index (χ0n) is 24.8. The molecule has 1 amide bonds. The Labute approximate surface area is 265 Å². The van der Waals surface area contributed by atoms with E-state index >= 15 is 4.39 Å². The third-order valence-corrected chi connectivity index (χ3v) is 8.95. The standard InChI is InChI=1S/C34H32ClFN4O5/c1-3-33(43,30-17-39(2)20-38-30)25-13-28-31(29(36)14-25)34(45-27-10-11-44-19-27,24-6-8-26(35)9-7-24)40(32(28)42)16-22-5-4-21(15-37)12-23(22)18-41/h4-9,12-14,17,20,27,41,43H,3,10-11,16,18-19H2,1-2H3/t27-,33?,34-/m1/s1. The number of benzene rings is 3. The number of amides is 1. The molecule has 0 bridgehead atoms. The van der Waals surface area contributed by atoms with E-state index in [0.29, 0.717) is 46.0 Å². The van der Waals surface area contributed by atoms with E-state index in [4.69, 9.17) is 21.1 Å². The number of aryl methyl sites for hydroxylation is 1. The molecule has 45 heavy (non-hydrogen) atoms. The molecular weight excluding hydrogens is 599 g/mol. The van der Waals surface area contributed by atoms with Crippen molar-refractivity contribution >= 4 is 17.5 Å². The number of aliphatic hydroxyl groups excluding tert-OH is 1. The fraction of sp³-hybridized carbons (Fsp3) is 0.324. The van der Waals surface area contributed by atoms with Gasteiger partial charge in [0.15, 0.2) is 0 Å². The second-order valence-corrected chi connectivity index (χ2v) is 11.9. The molecule has 232 valence electrons. The van der Waals surface area contributed by atoms with Gasteiger partial charge in [-0.05, 0) is 65.9 Å². The number of ether oxygens (including phenoxy) is 2. The van der Waals surface area contributed by atoms with Gasteiger partial charge in [-0.15, -0.1) is 0 Å². The number of carbonyl (C=O) groups is 1. The first-order valence-electron chi connectivity index (χ1n) is 14.7. The van der Waals surface area contributed by atoms with Crippen LogP contribution in [0.2, 0.25) is 5.02 Å². The van der Waals surface area contributed by atoms with Gasteiger partial charge in [0.05, 0.1) is 54.1 Å². The summed E-state index contributed by atoms with van der Waals surface area (Å²) in [5.74, 6) is -1.27. The lowest BCUT2D eigenvalue weighted by Crippen LogP contribution is -2.49. The Morgan fingerprint density at radius 2 is 2.00 bits per heavy atom. The quantitative estimate of drug-likeness (QED) is 0.270. The number of nitrogens with zero attached hydrogens (tertiary/aromatic N) is 4. The number of carbonyl (C=O) groups excluding carboxylic acids is 1. The van der Waals surface area contributed by atoms with Crippen LogP contribution in [-0.4, -0.2) is 49.9 Å². The monoisotopic (exact) mass is 630 g/mol. The summed E-state index contributed by atoms with van der Waals surface area (Å²) in [7, 11) is 1.77. The van der Waals surface area contributed by atoms with Crippen LogP contribution in [0.3, 0.4) is 0 Å². The smallest absolute Gasteiger partial charge is 0.257 e. The molecule has 6 rings (SSSR count). The van der Waals surface area contributed by atoms with Gasteiger partial charge in [0.25, 0.3) is 5.91 Å². The number of aromatic nitrogens is 2. The van der Waals surface area contributed by atoms with Gasteiger partial charge in [0, 0.05) is 37.0 Å². The Hall–Kier alpha value is -4.11. The third-order valence-electron chi connectivity index (χ3n) is 8.70. The number of imidazole rings is 1. The van der Waals surface area contributed by atoms with Gasteiger partial charge in [-0.25, -0.2) is 9.37 Å². The molecule has 2 N–H and O–H groups in total. The highest BCUT2D eigenvalue weighted by atomic mass is 35.5. The van der Waals surface area contributed by atoms with E-state index in [0.717, 1.165) is 0 Å². The fourth-order valence-electron chi connectivity index (χ4n) is 6.31. The first-order valence-corrected chi connectivity index (χ1v) is 15.0. The first kappa shape index (κ1) is 30.9. The van der Waals surface area contributed by atoms with Crippen molar-refractivity contribution in [3.05, 3.63) is 123 Å². The molecule has 1 fully saturated rings. The van der Waals surface area contributed by atoms with Crippen molar-refractivity contribution in [3.63, 3.8) is 0 Å². The van der Waals surface area contributed by atoms with E-state index in [-0.39, 0.29) is 42.9 Å². The predicted octanol–water partition coefficient (Wildman–Crippen LogP) is 4.89. The molecule has 0 aliphatic carbocycles. The predicted molar refractivity (Wildman–Crippen MR) is 162 cm³/mol. The molecule has 0 radical (unpaired) electrons. The minimum Gasteiger partial charge on any atom is -0.392 e. The van der Waals surface area contributed by atoms with Crippen molar-refractivity contribution in [1.82, 2.24) is 14.5 Å². The summed E-state index contributed by atoms with van der Waals surface area (Å²) in [6.07, 6.45) is 3.43. The second kappa shape index (κ2) is 12.0. The van der Waals surface area contributed by atoms with Crippen LogP contribution in [0.15, 0.2) is 67.1 Å². The van der Waals surface area contributed by atoms with Crippen molar-refractivity contribution in [2.75, 3.05) is 13.2 Å². The highest BCUT2D eigenvalue weighted by Crippen LogP contribution is 2.50. The molecule has 3 heterocycles. The Kier molecular flexibility index (Phi) is 8.24. The Bertz CT molecular complexity index is 1800. The summed E-state index contributed by atoms with van der Waals surface area (Å²) in [6.45, 7) is 1.99. The van der Waals surface area contributed by atoms with E-state index in [1.54, 1.807) is 73.5 Å². The number of aliphatic hydroxyl groups is 2. The molecule has 0 spiro atoms. The zero-order valence-corrected chi connectivity index (χ0v) is 25.6. The summed E-state index contributed by atoms with van der Waals surface area (Å²) in [6, 6.07) is 16.4. The Morgan fingerprint density at radius 3 is 2.62 bits per heavy atom. The average Bonchev–Trinajstić information content (AvgIpc) is 3.78. The minimum absolute atomic E-state index is 0.00383. The Balaban J connectivity index is 1.60. The molecule has 1 aromatic heterocycles. The van der Waals surface area contributed by atoms with E-state index in [1.807, 2.05) is 0 Å². The van der Waals surface area contributed by atoms with Crippen molar-refractivity contribution < 1.29 is 28.9 Å².